The van der Waals surface area contributed by atoms with Crippen molar-refractivity contribution in [3.63, 3.8) is 0 Å². The van der Waals surface area contributed by atoms with Crippen molar-refractivity contribution in [2.45, 2.75) is 39.4 Å². The molecule has 0 heterocycles. The Kier molecular flexibility index (Phi) is 11.0. The summed E-state index contributed by atoms with van der Waals surface area (Å²) in [7, 11) is 0. The molecule has 0 fully saturated rings. The zero-order valence-electron chi connectivity index (χ0n) is 10.7. The lowest BCUT2D eigenvalue weighted by Gasteiger charge is -2.13. The number of hydrogen-bond donors (Lipinski definition) is 1. The Morgan fingerprint density at radius 2 is 2.00 bits per heavy atom. The van der Waals surface area contributed by atoms with Crippen molar-refractivity contribution >= 4 is 11.8 Å². The summed E-state index contributed by atoms with van der Waals surface area (Å²) in [5, 5.41) is 4.19. The van der Waals surface area contributed by atoms with Crippen molar-refractivity contribution in [3.05, 3.63) is 0 Å². The minimum Gasteiger partial charge on any atom is -0.382 e. The molecule has 0 aromatic heterocycles. The van der Waals surface area contributed by atoms with Crippen molar-refractivity contribution in [1.29, 1.82) is 0 Å². The van der Waals surface area contributed by atoms with Crippen LogP contribution in [-0.2, 0) is 4.74 Å². The fourth-order valence-corrected chi connectivity index (χ4v) is 2.11. The second-order valence-corrected chi connectivity index (χ2v) is 5.76. The summed E-state index contributed by atoms with van der Waals surface area (Å²) in [6, 6.07) is 0. The molecule has 3 heteroatoms. The molecule has 0 spiro atoms. The van der Waals surface area contributed by atoms with E-state index in [0.29, 0.717) is 0 Å². The van der Waals surface area contributed by atoms with E-state index in [2.05, 4.69) is 37.8 Å². The van der Waals surface area contributed by atoms with Crippen LogP contribution in [0.15, 0.2) is 0 Å². The van der Waals surface area contributed by atoms with Crippen LogP contribution in [0.5, 0.6) is 0 Å². The maximum atomic E-state index is 5.27. The average molecular weight is 233 g/mol. The van der Waals surface area contributed by atoms with E-state index in [1.807, 2.05) is 6.92 Å². The van der Waals surface area contributed by atoms with E-state index < -0.39 is 0 Å². The highest BCUT2D eigenvalue weighted by Gasteiger charge is 2.03. The van der Waals surface area contributed by atoms with Crippen LogP contribution in [-0.4, -0.2) is 37.3 Å². The average Bonchev–Trinajstić information content (AvgIpc) is 2.20. The predicted octanol–water partition coefficient (Wildman–Crippen LogP) is 2.78. The second-order valence-electron chi connectivity index (χ2n) is 4.29. The Morgan fingerprint density at radius 1 is 1.27 bits per heavy atom. The third kappa shape index (κ3) is 12.2. The molecule has 0 rings (SSSR count). The van der Waals surface area contributed by atoms with Crippen molar-refractivity contribution < 1.29 is 4.74 Å². The van der Waals surface area contributed by atoms with Gasteiger partial charge in [0.1, 0.15) is 0 Å². The molecular weight excluding hydrogens is 206 g/mol. The fourth-order valence-electron chi connectivity index (χ4n) is 1.16. The van der Waals surface area contributed by atoms with Crippen LogP contribution in [0.2, 0.25) is 0 Å². The van der Waals surface area contributed by atoms with Gasteiger partial charge in [0.05, 0.1) is 0 Å². The summed E-state index contributed by atoms with van der Waals surface area (Å²) in [4.78, 5) is 0. The standard InChI is InChI=1S/C12H27NOS/c1-5-14-8-6-7-13-9-12(4)15-10-11(2)3/h11-13H,5-10H2,1-4H3. The molecule has 15 heavy (non-hydrogen) atoms. The lowest BCUT2D eigenvalue weighted by atomic mass is 10.3. The summed E-state index contributed by atoms with van der Waals surface area (Å²) in [6.07, 6.45) is 1.12. The molecule has 0 aliphatic carbocycles. The number of ether oxygens (including phenoxy) is 1. The number of nitrogens with one attached hydrogen (secondary N) is 1. The van der Waals surface area contributed by atoms with Gasteiger partial charge in [0.25, 0.3) is 0 Å². The SMILES string of the molecule is CCOCCCNCC(C)SCC(C)C. The van der Waals surface area contributed by atoms with Crippen LogP contribution >= 0.6 is 11.8 Å². The topological polar surface area (TPSA) is 21.3 Å². The van der Waals surface area contributed by atoms with Gasteiger partial charge in [-0.25, -0.2) is 0 Å². The van der Waals surface area contributed by atoms with E-state index in [1.54, 1.807) is 0 Å². The van der Waals surface area contributed by atoms with E-state index in [1.165, 1.54) is 5.75 Å². The van der Waals surface area contributed by atoms with E-state index in [4.69, 9.17) is 4.74 Å². The Balaban J connectivity index is 3.13. The van der Waals surface area contributed by atoms with Gasteiger partial charge < -0.3 is 10.1 Å². The number of rotatable bonds is 10. The van der Waals surface area contributed by atoms with Crippen LogP contribution in [0, 0.1) is 5.92 Å². The molecule has 0 bridgehead atoms. The molecule has 0 aliphatic rings. The molecule has 1 atom stereocenters. The zero-order valence-corrected chi connectivity index (χ0v) is 11.5. The van der Waals surface area contributed by atoms with Crippen molar-refractivity contribution in [2.24, 2.45) is 5.92 Å². The first-order valence-electron chi connectivity index (χ1n) is 6.06. The third-order valence-electron chi connectivity index (χ3n) is 1.99. The smallest absolute Gasteiger partial charge is 0.0477 e. The minimum atomic E-state index is 0.722. The van der Waals surface area contributed by atoms with Crippen LogP contribution in [0.1, 0.15) is 34.1 Å². The van der Waals surface area contributed by atoms with Gasteiger partial charge in [-0.05, 0) is 31.6 Å². The lowest BCUT2D eigenvalue weighted by Crippen LogP contribution is -2.25. The highest BCUT2D eigenvalue weighted by molar-refractivity contribution is 7.99. The molecule has 0 aliphatic heterocycles. The highest BCUT2D eigenvalue weighted by Crippen LogP contribution is 2.13. The Bertz CT molecular complexity index is 131. The highest BCUT2D eigenvalue weighted by atomic mass is 32.2. The Morgan fingerprint density at radius 3 is 2.60 bits per heavy atom. The summed E-state index contributed by atoms with van der Waals surface area (Å²) in [5.41, 5.74) is 0. The molecule has 0 saturated carbocycles. The van der Waals surface area contributed by atoms with Gasteiger partial charge in [-0.2, -0.15) is 11.8 Å². The van der Waals surface area contributed by atoms with Crippen LogP contribution < -0.4 is 5.32 Å². The Hall–Kier alpha value is 0.270. The first kappa shape index (κ1) is 15.3. The van der Waals surface area contributed by atoms with E-state index in [0.717, 1.165) is 43.9 Å². The fraction of sp³-hybridized carbons (Fsp3) is 1.00. The van der Waals surface area contributed by atoms with E-state index in [-0.39, 0.29) is 0 Å². The molecular formula is C12H27NOS. The van der Waals surface area contributed by atoms with Gasteiger partial charge in [-0.3, -0.25) is 0 Å². The first-order valence-corrected chi connectivity index (χ1v) is 7.11. The Labute approximate surface area is 99.5 Å². The summed E-state index contributed by atoms with van der Waals surface area (Å²) in [5.74, 6) is 2.07. The monoisotopic (exact) mass is 233 g/mol. The maximum absolute atomic E-state index is 5.27. The first-order chi connectivity index (χ1) is 7.16. The number of thioether (sulfide) groups is 1. The molecule has 92 valence electrons. The molecule has 1 unspecified atom stereocenters. The summed E-state index contributed by atoms with van der Waals surface area (Å²) < 4.78 is 5.27. The zero-order chi connectivity index (χ0) is 11.5. The molecule has 0 amide bonds. The quantitative estimate of drug-likeness (QED) is 0.586. The van der Waals surface area contributed by atoms with Crippen LogP contribution in [0.25, 0.3) is 0 Å². The molecule has 2 nitrogen and oxygen atoms in total. The molecule has 0 aromatic carbocycles. The van der Waals surface area contributed by atoms with Gasteiger partial charge in [0.15, 0.2) is 0 Å². The summed E-state index contributed by atoms with van der Waals surface area (Å²) >= 11 is 2.06. The van der Waals surface area contributed by atoms with E-state index in [9.17, 15) is 0 Å². The van der Waals surface area contributed by atoms with Gasteiger partial charge in [-0.15, -0.1) is 0 Å². The normalized spacial score (nSPS) is 13.4. The van der Waals surface area contributed by atoms with Gasteiger partial charge in [-0.1, -0.05) is 20.8 Å². The van der Waals surface area contributed by atoms with Crippen molar-refractivity contribution in [3.8, 4) is 0 Å². The summed E-state index contributed by atoms with van der Waals surface area (Å²) in [6.45, 7) is 12.8. The number of hydrogen-bond acceptors (Lipinski definition) is 3. The van der Waals surface area contributed by atoms with Crippen molar-refractivity contribution in [2.75, 3.05) is 32.1 Å². The lowest BCUT2D eigenvalue weighted by molar-refractivity contribution is 0.145. The van der Waals surface area contributed by atoms with Crippen molar-refractivity contribution in [1.82, 2.24) is 5.32 Å². The molecule has 0 saturated heterocycles. The third-order valence-corrected chi connectivity index (χ3v) is 3.59. The molecule has 0 radical (unpaired) electrons. The predicted molar refractivity (Wildman–Crippen MR) is 70.7 cm³/mol. The van der Waals surface area contributed by atoms with E-state index >= 15 is 0 Å². The largest absolute Gasteiger partial charge is 0.382 e. The second kappa shape index (κ2) is 10.8. The maximum Gasteiger partial charge on any atom is 0.0477 e. The minimum absolute atomic E-state index is 0.722. The van der Waals surface area contributed by atoms with Crippen LogP contribution in [0.3, 0.4) is 0 Å². The molecule has 0 aromatic rings. The molecule has 1 N–H and O–H groups in total. The van der Waals surface area contributed by atoms with Gasteiger partial charge >= 0.3 is 0 Å². The van der Waals surface area contributed by atoms with Crippen LogP contribution in [0.4, 0.5) is 0 Å². The van der Waals surface area contributed by atoms with Gasteiger partial charge in [0, 0.05) is 25.0 Å². The van der Waals surface area contributed by atoms with Gasteiger partial charge in [0.2, 0.25) is 0 Å².